The molecule has 1 saturated heterocycles. The predicted octanol–water partition coefficient (Wildman–Crippen LogP) is 1.62. The average Bonchev–Trinajstić information content (AvgIpc) is 2.66. The van der Waals surface area contributed by atoms with E-state index >= 15 is 0 Å². The van der Waals surface area contributed by atoms with Crippen molar-refractivity contribution in [3.8, 4) is 0 Å². The summed E-state index contributed by atoms with van der Waals surface area (Å²) in [5, 5.41) is 0. The Bertz CT molecular complexity index is 813. The van der Waals surface area contributed by atoms with Crippen molar-refractivity contribution in [2.24, 2.45) is 0 Å². The fourth-order valence-electron chi connectivity index (χ4n) is 3.28. The summed E-state index contributed by atoms with van der Waals surface area (Å²) >= 11 is 0. The molecule has 9 nitrogen and oxygen atoms in total. The maximum atomic E-state index is 5.89. The van der Waals surface area contributed by atoms with E-state index in [0.29, 0.717) is 17.7 Å². The van der Waals surface area contributed by atoms with Crippen molar-refractivity contribution in [1.82, 2.24) is 29.8 Å². The molecular formula is C19H31N9. The van der Waals surface area contributed by atoms with Crippen molar-refractivity contribution in [3.05, 3.63) is 23.4 Å². The molecule has 3 rings (SSSR count). The highest BCUT2D eigenvalue weighted by atomic mass is 15.3. The lowest BCUT2D eigenvalue weighted by Crippen LogP contribution is -2.47. The minimum Gasteiger partial charge on any atom is -0.368 e. The van der Waals surface area contributed by atoms with Crippen LogP contribution in [0.3, 0.4) is 0 Å². The van der Waals surface area contributed by atoms with Crippen LogP contribution in [0.15, 0.2) is 6.07 Å². The van der Waals surface area contributed by atoms with Gasteiger partial charge in [0.05, 0.1) is 6.04 Å². The second-order valence-electron chi connectivity index (χ2n) is 7.83. The Morgan fingerprint density at radius 1 is 0.929 bits per heavy atom. The number of piperazine rings is 1. The van der Waals surface area contributed by atoms with Crippen molar-refractivity contribution in [1.29, 1.82) is 0 Å². The summed E-state index contributed by atoms with van der Waals surface area (Å²) in [6, 6.07) is 2.14. The SMILES string of the molecule is Cc1cc(N2CCN([C@@H](C)c3nc(N)nc(N(C)C)n3)CC2)nc(C(C)C)n1. The molecule has 152 valence electrons. The second kappa shape index (κ2) is 8.22. The third-order valence-electron chi connectivity index (χ3n) is 4.99. The van der Waals surface area contributed by atoms with E-state index in [1.54, 1.807) is 0 Å². The molecule has 9 heteroatoms. The Hall–Kier alpha value is -2.55. The van der Waals surface area contributed by atoms with Gasteiger partial charge in [0.15, 0.2) is 5.82 Å². The first-order valence-electron chi connectivity index (χ1n) is 9.78. The van der Waals surface area contributed by atoms with Gasteiger partial charge in [0, 0.05) is 58.0 Å². The summed E-state index contributed by atoms with van der Waals surface area (Å²) in [6.45, 7) is 12.0. The number of nitrogen functional groups attached to an aromatic ring is 1. The molecule has 2 aromatic rings. The third-order valence-corrected chi connectivity index (χ3v) is 4.99. The largest absolute Gasteiger partial charge is 0.368 e. The van der Waals surface area contributed by atoms with Crippen LogP contribution in [0.4, 0.5) is 17.7 Å². The van der Waals surface area contributed by atoms with Crippen molar-refractivity contribution in [2.45, 2.75) is 39.7 Å². The Kier molecular flexibility index (Phi) is 5.93. The van der Waals surface area contributed by atoms with Gasteiger partial charge in [0.25, 0.3) is 0 Å². The minimum absolute atomic E-state index is 0.0736. The zero-order chi connectivity index (χ0) is 20.4. The maximum absolute atomic E-state index is 5.89. The molecule has 0 amide bonds. The molecule has 0 aliphatic carbocycles. The smallest absolute Gasteiger partial charge is 0.229 e. The van der Waals surface area contributed by atoms with Crippen LogP contribution >= 0.6 is 0 Å². The van der Waals surface area contributed by atoms with E-state index in [0.717, 1.165) is 43.5 Å². The Balaban J connectivity index is 1.70. The first kappa shape index (κ1) is 20.2. The molecule has 0 saturated carbocycles. The highest BCUT2D eigenvalue weighted by molar-refractivity contribution is 5.41. The number of nitrogens with two attached hydrogens (primary N) is 1. The first-order valence-corrected chi connectivity index (χ1v) is 9.78. The lowest BCUT2D eigenvalue weighted by molar-refractivity contribution is 0.191. The average molecular weight is 386 g/mol. The van der Waals surface area contributed by atoms with E-state index in [-0.39, 0.29) is 12.0 Å². The Morgan fingerprint density at radius 3 is 2.21 bits per heavy atom. The summed E-state index contributed by atoms with van der Waals surface area (Å²) in [7, 11) is 3.80. The highest BCUT2D eigenvalue weighted by Gasteiger charge is 2.25. The van der Waals surface area contributed by atoms with Gasteiger partial charge in [-0.25, -0.2) is 9.97 Å². The van der Waals surface area contributed by atoms with Gasteiger partial charge in [-0.3, -0.25) is 4.90 Å². The van der Waals surface area contributed by atoms with Crippen LogP contribution in [0.2, 0.25) is 0 Å². The number of nitrogens with zero attached hydrogens (tertiary/aromatic N) is 8. The van der Waals surface area contributed by atoms with Crippen LogP contribution in [-0.2, 0) is 0 Å². The van der Waals surface area contributed by atoms with E-state index in [1.165, 1.54) is 0 Å². The van der Waals surface area contributed by atoms with Crippen LogP contribution in [0.5, 0.6) is 0 Å². The minimum atomic E-state index is 0.0736. The number of rotatable bonds is 5. The van der Waals surface area contributed by atoms with E-state index in [1.807, 2.05) is 25.9 Å². The van der Waals surface area contributed by atoms with Gasteiger partial charge in [0.2, 0.25) is 11.9 Å². The van der Waals surface area contributed by atoms with E-state index in [4.69, 9.17) is 10.7 Å². The van der Waals surface area contributed by atoms with E-state index in [2.05, 4.69) is 56.6 Å². The van der Waals surface area contributed by atoms with Gasteiger partial charge >= 0.3 is 0 Å². The molecule has 0 spiro atoms. The summed E-state index contributed by atoms with van der Waals surface area (Å²) < 4.78 is 0. The maximum Gasteiger partial charge on any atom is 0.229 e. The van der Waals surface area contributed by atoms with Crippen molar-refractivity contribution in [3.63, 3.8) is 0 Å². The molecule has 0 bridgehead atoms. The monoisotopic (exact) mass is 385 g/mol. The van der Waals surface area contributed by atoms with Gasteiger partial charge in [0.1, 0.15) is 11.6 Å². The predicted molar refractivity (Wildman–Crippen MR) is 112 cm³/mol. The van der Waals surface area contributed by atoms with Crippen LogP contribution in [0.1, 0.15) is 50.1 Å². The van der Waals surface area contributed by atoms with Gasteiger partial charge in [-0.15, -0.1) is 0 Å². The van der Waals surface area contributed by atoms with Crippen molar-refractivity contribution < 1.29 is 0 Å². The molecule has 1 atom stereocenters. The quantitative estimate of drug-likeness (QED) is 0.823. The lowest BCUT2D eigenvalue weighted by atomic mass is 10.2. The van der Waals surface area contributed by atoms with Crippen LogP contribution in [0.25, 0.3) is 0 Å². The summed E-state index contributed by atoms with van der Waals surface area (Å²) in [4.78, 5) is 29.0. The van der Waals surface area contributed by atoms with Gasteiger partial charge in [-0.05, 0) is 13.8 Å². The number of hydrogen-bond acceptors (Lipinski definition) is 9. The Morgan fingerprint density at radius 2 is 1.61 bits per heavy atom. The lowest BCUT2D eigenvalue weighted by Gasteiger charge is -2.38. The summed E-state index contributed by atoms with van der Waals surface area (Å²) in [5.74, 6) is 3.80. The Labute approximate surface area is 167 Å². The molecule has 0 radical (unpaired) electrons. The van der Waals surface area contributed by atoms with Crippen molar-refractivity contribution >= 4 is 17.7 Å². The molecule has 28 heavy (non-hydrogen) atoms. The third kappa shape index (κ3) is 4.46. The number of hydrogen-bond donors (Lipinski definition) is 1. The molecule has 0 unspecified atom stereocenters. The van der Waals surface area contributed by atoms with E-state index < -0.39 is 0 Å². The number of aryl methyl sites for hydroxylation is 1. The fourth-order valence-corrected chi connectivity index (χ4v) is 3.28. The van der Waals surface area contributed by atoms with Crippen LogP contribution in [0, 0.1) is 6.92 Å². The van der Waals surface area contributed by atoms with Crippen molar-refractivity contribution in [2.75, 3.05) is 55.8 Å². The molecule has 2 N–H and O–H groups in total. The normalized spacial score (nSPS) is 16.5. The summed E-state index contributed by atoms with van der Waals surface area (Å²) in [6.07, 6.45) is 0. The molecule has 1 aliphatic rings. The first-order chi connectivity index (χ1) is 13.2. The second-order valence-corrected chi connectivity index (χ2v) is 7.83. The standard InChI is InChI=1S/C19H31N9/c1-12(2)16-21-13(3)11-15(22-16)28-9-7-27(8-10-28)14(4)17-23-18(20)25-19(24-17)26(5)6/h11-12,14H,7-10H2,1-6H3,(H2,20,23,24,25)/t14-/m0/s1. The van der Waals surface area contributed by atoms with Crippen LogP contribution in [-0.4, -0.2) is 70.1 Å². The molecule has 2 aromatic heterocycles. The van der Waals surface area contributed by atoms with Gasteiger partial charge < -0.3 is 15.5 Å². The van der Waals surface area contributed by atoms with Gasteiger partial charge in [-0.1, -0.05) is 13.8 Å². The number of anilines is 3. The van der Waals surface area contributed by atoms with Crippen LogP contribution < -0.4 is 15.5 Å². The topological polar surface area (TPSA) is 100 Å². The zero-order valence-electron chi connectivity index (χ0n) is 17.7. The fraction of sp³-hybridized carbons (Fsp3) is 0.632. The zero-order valence-corrected chi connectivity index (χ0v) is 17.7. The van der Waals surface area contributed by atoms with Gasteiger partial charge in [-0.2, -0.15) is 15.0 Å². The molecule has 1 fully saturated rings. The highest BCUT2D eigenvalue weighted by Crippen LogP contribution is 2.23. The molecule has 3 heterocycles. The summed E-state index contributed by atoms with van der Waals surface area (Å²) in [5.41, 5.74) is 6.90. The molecular weight excluding hydrogens is 354 g/mol. The number of aromatic nitrogens is 5. The molecule has 1 aliphatic heterocycles. The molecule has 0 aromatic carbocycles. The van der Waals surface area contributed by atoms with E-state index in [9.17, 15) is 0 Å².